The van der Waals surface area contributed by atoms with Crippen molar-refractivity contribution in [2.24, 2.45) is 0 Å². The van der Waals surface area contributed by atoms with Crippen LogP contribution in [0.4, 0.5) is 5.69 Å². The quantitative estimate of drug-likeness (QED) is 0.670. The van der Waals surface area contributed by atoms with E-state index < -0.39 is 11.0 Å². The Morgan fingerprint density at radius 1 is 1.18 bits per heavy atom. The molecule has 1 amide bonds. The Hall–Kier alpha value is -2.73. The van der Waals surface area contributed by atoms with E-state index >= 15 is 0 Å². The molecule has 1 heterocycles. The number of carbonyl (C=O) groups is 1. The van der Waals surface area contributed by atoms with E-state index in [9.17, 15) is 20.0 Å². The van der Waals surface area contributed by atoms with Gasteiger partial charge in [0.1, 0.15) is 0 Å². The SMILES string of the molecule is O=C1N[C@@H](C[C@@H](O)c2ccc([N+](=O)[O-])cc2)c2ccccc21. The van der Waals surface area contributed by atoms with Crippen molar-refractivity contribution in [3.05, 3.63) is 75.3 Å². The molecule has 112 valence electrons. The monoisotopic (exact) mass is 298 g/mol. The number of hydrogen-bond acceptors (Lipinski definition) is 4. The number of nitrogens with one attached hydrogen (secondary N) is 1. The van der Waals surface area contributed by atoms with E-state index in [1.807, 2.05) is 12.1 Å². The van der Waals surface area contributed by atoms with Crippen molar-refractivity contribution in [2.45, 2.75) is 18.6 Å². The highest BCUT2D eigenvalue weighted by atomic mass is 16.6. The number of rotatable bonds is 4. The number of amides is 1. The van der Waals surface area contributed by atoms with E-state index in [1.54, 1.807) is 12.1 Å². The van der Waals surface area contributed by atoms with Crippen LogP contribution in [0.15, 0.2) is 48.5 Å². The molecule has 22 heavy (non-hydrogen) atoms. The van der Waals surface area contributed by atoms with Crippen LogP contribution in [-0.4, -0.2) is 15.9 Å². The van der Waals surface area contributed by atoms with Crippen molar-refractivity contribution < 1.29 is 14.8 Å². The van der Waals surface area contributed by atoms with Crippen LogP contribution < -0.4 is 5.32 Å². The van der Waals surface area contributed by atoms with Gasteiger partial charge in [0, 0.05) is 24.1 Å². The summed E-state index contributed by atoms with van der Waals surface area (Å²) in [7, 11) is 0. The van der Waals surface area contributed by atoms with Gasteiger partial charge in [0.05, 0.1) is 17.1 Å². The molecule has 0 spiro atoms. The minimum atomic E-state index is -0.808. The van der Waals surface area contributed by atoms with Gasteiger partial charge in [-0.15, -0.1) is 0 Å². The fourth-order valence-electron chi connectivity index (χ4n) is 2.68. The second kappa shape index (κ2) is 5.57. The van der Waals surface area contributed by atoms with Crippen LogP contribution in [0.2, 0.25) is 0 Å². The Balaban J connectivity index is 1.76. The molecule has 0 fully saturated rings. The largest absolute Gasteiger partial charge is 0.388 e. The fraction of sp³-hybridized carbons (Fsp3) is 0.188. The van der Waals surface area contributed by atoms with E-state index in [-0.39, 0.29) is 17.6 Å². The van der Waals surface area contributed by atoms with Gasteiger partial charge in [0.25, 0.3) is 11.6 Å². The number of hydrogen-bond donors (Lipinski definition) is 2. The number of nitro benzene ring substituents is 1. The Morgan fingerprint density at radius 3 is 2.55 bits per heavy atom. The highest BCUT2D eigenvalue weighted by Gasteiger charge is 2.29. The summed E-state index contributed by atoms with van der Waals surface area (Å²) in [5.41, 5.74) is 2.07. The highest BCUT2D eigenvalue weighted by Crippen LogP contribution is 2.32. The maximum Gasteiger partial charge on any atom is 0.269 e. The van der Waals surface area contributed by atoms with E-state index in [2.05, 4.69) is 5.32 Å². The lowest BCUT2D eigenvalue weighted by Crippen LogP contribution is -2.20. The molecule has 2 N–H and O–H groups in total. The number of aliphatic hydroxyl groups excluding tert-OH is 1. The van der Waals surface area contributed by atoms with Gasteiger partial charge < -0.3 is 10.4 Å². The number of carbonyl (C=O) groups excluding carboxylic acids is 1. The van der Waals surface area contributed by atoms with E-state index in [0.29, 0.717) is 17.5 Å². The molecular formula is C16H14N2O4. The third-order valence-electron chi connectivity index (χ3n) is 3.83. The van der Waals surface area contributed by atoms with Crippen LogP contribution in [0.25, 0.3) is 0 Å². The number of benzene rings is 2. The Bertz CT molecular complexity index is 727. The third kappa shape index (κ3) is 2.56. The number of nitrogens with zero attached hydrogens (tertiary/aromatic N) is 1. The summed E-state index contributed by atoms with van der Waals surface area (Å²) < 4.78 is 0. The van der Waals surface area contributed by atoms with E-state index in [0.717, 1.165) is 5.56 Å². The van der Waals surface area contributed by atoms with Crippen molar-refractivity contribution in [3.8, 4) is 0 Å². The van der Waals surface area contributed by atoms with Gasteiger partial charge in [-0.05, 0) is 29.3 Å². The number of fused-ring (bicyclic) bond motifs is 1. The summed E-state index contributed by atoms with van der Waals surface area (Å²) >= 11 is 0. The van der Waals surface area contributed by atoms with E-state index in [4.69, 9.17) is 0 Å². The van der Waals surface area contributed by atoms with Crippen molar-refractivity contribution >= 4 is 11.6 Å². The summed E-state index contributed by atoms with van der Waals surface area (Å²) in [6.45, 7) is 0. The van der Waals surface area contributed by atoms with Crippen LogP contribution >= 0.6 is 0 Å². The second-order valence-corrected chi connectivity index (χ2v) is 5.21. The Morgan fingerprint density at radius 2 is 1.86 bits per heavy atom. The van der Waals surface area contributed by atoms with Crippen LogP contribution in [0, 0.1) is 10.1 Å². The Labute approximate surface area is 126 Å². The number of nitro groups is 1. The van der Waals surface area contributed by atoms with Gasteiger partial charge >= 0.3 is 0 Å². The lowest BCUT2D eigenvalue weighted by Gasteiger charge is -2.17. The molecule has 2 aromatic carbocycles. The molecule has 3 rings (SSSR count). The summed E-state index contributed by atoms with van der Waals surface area (Å²) in [5, 5.41) is 23.8. The zero-order chi connectivity index (χ0) is 15.7. The number of aliphatic hydroxyl groups is 1. The maximum absolute atomic E-state index is 11.8. The molecule has 1 aliphatic heterocycles. The average molecular weight is 298 g/mol. The highest BCUT2D eigenvalue weighted by molar-refractivity contribution is 5.99. The molecule has 1 aliphatic rings. The first-order valence-electron chi connectivity index (χ1n) is 6.88. The summed E-state index contributed by atoms with van der Waals surface area (Å²) in [6.07, 6.45) is -0.488. The molecule has 0 aromatic heterocycles. The topological polar surface area (TPSA) is 92.5 Å². The van der Waals surface area contributed by atoms with Gasteiger partial charge in [-0.3, -0.25) is 14.9 Å². The molecule has 0 unspecified atom stereocenters. The molecule has 0 bridgehead atoms. The van der Waals surface area contributed by atoms with Crippen molar-refractivity contribution in [2.75, 3.05) is 0 Å². The number of non-ortho nitro benzene ring substituents is 1. The van der Waals surface area contributed by atoms with Crippen LogP contribution in [0.1, 0.15) is 40.1 Å². The molecular weight excluding hydrogens is 284 g/mol. The standard InChI is InChI=1S/C16H14N2O4/c19-15(10-5-7-11(8-6-10)18(21)22)9-14-12-3-1-2-4-13(12)16(20)17-14/h1-8,14-15,19H,9H2,(H,17,20)/t14-,15+/m0/s1. The zero-order valence-electron chi connectivity index (χ0n) is 11.6. The zero-order valence-corrected chi connectivity index (χ0v) is 11.6. The predicted octanol–water partition coefficient (Wildman–Crippen LogP) is 2.50. The third-order valence-corrected chi connectivity index (χ3v) is 3.83. The summed E-state index contributed by atoms with van der Waals surface area (Å²) in [4.78, 5) is 22.0. The average Bonchev–Trinajstić information content (AvgIpc) is 2.84. The maximum atomic E-state index is 11.8. The first kappa shape index (κ1) is 14.2. The first-order valence-corrected chi connectivity index (χ1v) is 6.88. The summed E-state index contributed by atoms with van der Waals surface area (Å²) in [6, 6.07) is 12.8. The van der Waals surface area contributed by atoms with Crippen LogP contribution in [0.5, 0.6) is 0 Å². The minimum Gasteiger partial charge on any atom is -0.388 e. The smallest absolute Gasteiger partial charge is 0.269 e. The van der Waals surface area contributed by atoms with Gasteiger partial charge in [-0.1, -0.05) is 18.2 Å². The molecule has 6 heteroatoms. The van der Waals surface area contributed by atoms with Gasteiger partial charge in [0.15, 0.2) is 0 Å². The van der Waals surface area contributed by atoms with Gasteiger partial charge in [-0.25, -0.2) is 0 Å². The lowest BCUT2D eigenvalue weighted by atomic mass is 9.96. The van der Waals surface area contributed by atoms with Crippen molar-refractivity contribution in [3.63, 3.8) is 0 Å². The van der Waals surface area contributed by atoms with Crippen LogP contribution in [-0.2, 0) is 0 Å². The molecule has 0 radical (unpaired) electrons. The van der Waals surface area contributed by atoms with Crippen LogP contribution in [0.3, 0.4) is 0 Å². The minimum absolute atomic E-state index is 0.0181. The molecule has 2 aromatic rings. The molecule has 6 nitrogen and oxygen atoms in total. The van der Waals surface area contributed by atoms with Gasteiger partial charge in [-0.2, -0.15) is 0 Å². The molecule has 2 atom stereocenters. The normalized spacial score (nSPS) is 17.7. The van der Waals surface area contributed by atoms with Crippen molar-refractivity contribution in [1.29, 1.82) is 0 Å². The van der Waals surface area contributed by atoms with Gasteiger partial charge in [0.2, 0.25) is 0 Å². The molecule has 0 aliphatic carbocycles. The fourth-order valence-corrected chi connectivity index (χ4v) is 2.68. The predicted molar refractivity (Wildman–Crippen MR) is 79.3 cm³/mol. The Kier molecular flexibility index (Phi) is 3.60. The van der Waals surface area contributed by atoms with Crippen molar-refractivity contribution in [1.82, 2.24) is 5.32 Å². The first-order chi connectivity index (χ1) is 10.6. The second-order valence-electron chi connectivity index (χ2n) is 5.21. The summed E-state index contributed by atoms with van der Waals surface area (Å²) in [5.74, 6) is -0.142. The molecule has 0 saturated carbocycles. The van der Waals surface area contributed by atoms with E-state index in [1.165, 1.54) is 24.3 Å². The lowest BCUT2D eigenvalue weighted by molar-refractivity contribution is -0.384. The molecule has 0 saturated heterocycles.